The summed E-state index contributed by atoms with van der Waals surface area (Å²) in [4.78, 5) is 0. The Morgan fingerprint density at radius 3 is 1.36 bits per heavy atom. The summed E-state index contributed by atoms with van der Waals surface area (Å²) in [7, 11) is 0. The van der Waals surface area contributed by atoms with E-state index in [2.05, 4.69) is 161 Å². The van der Waals surface area contributed by atoms with Gasteiger partial charge in [0.25, 0.3) is 0 Å². The lowest BCUT2D eigenvalue weighted by molar-refractivity contribution is 1.38. The smallest absolute Gasteiger partial charge is 0.00199 e. The van der Waals surface area contributed by atoms with Crippen LogP contribution in [0.15, 0.2) is 133 Å². The fourth-order valence-corrected chi connectivity index (χ4v) is 9.70. The minimum atomic E-state index is 1.29. The first kappa shape index (κ1) is 27.9. The molecule has 0 heteroatoms. The molecule has 0 spiro atoms. The van der Waals surface area contributed by atoms with E-state index in [1.165, 1.54) is 131 Å². The van der Waals surface area contributed by atoms with Crippen LogP contribution in [0.1, 0.15) is 22.3 Å². The molecule has 11 aromatic carbocycles. The van der Waals surface area contributed by atoms with Crippen LogP contribution in [-0.4, -0.2) is 0 Å². The Morgan fingerprint density at radius 1 is 0.280 bits per heavy atom. The highest BCUT2D eigenvalue weighted by Gasteiger charge is 2.21. The third-order valence-electron chi connectivity index (χ3n) is 11.8. The van der Waals surface area contributed by atoms with E-state index in [1.54, 1.807) is 0 Å². The van der Waals surface area contributed by atoms with Crippen molar-refractivity contribution in [3.05, 3.63) is 156 Å². The number of fused-ring (bicyclic) bond motifs is 10. The third-order valence-corrected chi connectivity index (χ3v) is 11.8. The van der Waals surface area contributed by atoms with E-state index >= 15 is 0 Å². The normalized spacial score (nSPS) is 12.4. The zero-order chi connectivity index (χ0) is 33.4. The molecule has 0 atom stereocenters. The minimum absolute atomic E-state index is 1.29. The van der Waals surface area contributed by atoms with Crippen molar-refractivity contribution in [2.75, 3.05) is 0 Å². The molecule has 11 aromatic rings. The van der Waals surface area contributed by atoms with Gasteiger partial charge in [-0.1, -0.05) is 103 Å². The molecule has 0 nitrogen and oxygen atoms in total. The van der Waals surface area contributed by atoms with Gasteiger partial charge in [0, 0.05) is 0 Å². The molecule has 0 fully saturated rings. The van der Waals surface area contributed by atoms with Gasteiger partial charge in [-0.2, -0.15) is 0 Å². The van der Waals surface area contributed by atoms with Crippen molar-refractivity contribution in [1.29, 1.82) is 0 Å². The molecule has 234 valence electrons. The lowest BCUT2D eigenvalue weighted by Crippen LogP contribution is -1.91. The number of rotatable bonds is 2. The molecule has 50 heavy (non-hydrogen) atoms. The van der Waals surface area contributed by atoms with E-state index in [4.69, 9.17) is 0 Å². The first-order valence-electron chi connectivity index (χ1n) is 17.8. The summed E-state index contributed by atoms with van der Waals surface area (Å²) in [5, 5.41) is 21.4. The summed E-state index contributed by atoms with van der Waals surface area (Å²) in [6.07, 6.45) is 0. The molecule has 0 radical (unpaired) electrons. The van der Waals surface area contributed by atoms with E-state index in [-0.39, 0.29) is 0 Å². The van der Waals surface area contributed by atoms with Crippen LogP contribution in [-0.2, 0) is 0 Å². The lowest BCUT2D eigenvalue weighted by Gasteiger charge is -2.17. The SMILES string of the molecule is Cc1cccc(C)c1-c1ccc2c(c1)c1cccc3c4cc(-c5c(C)cccc5C)c5cc6c(cc5c4cc2c31)c1cccc2cccc6c21. The van der Waals surface area contributed by atoms with Crippen molar-refractivity contribution >= 4 is 86.2 Å². The highest BCUT2D eigenvalue weighted by Crippen LogP contribution is 2.49. The summed E-state index contributed by atoms with van der Waals surface area (Å²) in [6.45, 7) is 8.99. The molecule has 0 unspecified atom stereocenters. The van der Waals surface area contributed by atoms with Crippen LogP contribution in [0.3, 0.4) is 0 Å². The molecule has 0 aliphatic heterocycles. The van der Waals surface area contributed by atoms with Gasteiger partial charge in [0.05, 0.1) is 0 Å². The van der Waals surface area contributed by atoms with E-state index in [9.17, 15) is 0 Å². The van der Waals surface area contributed by atoms with Crippen LogP contribution in [0.2, 0.25) is 0 Å². The molecule has 0 heterocycles. The van der Waals surface area contributed by atoms with Crippen molar-refractivity contribution in [1.82, 2.24) is 0 Å². The molecular formula is C50H34. The second kappa shape index (κ2) is 9.80. The molecule has 11 rings (SSSR count). The Balaban J connectivity index is 1.34. The predicted molar refractivity (Wildman–Crippen MR) is 219 cm³/mol. The Bertz CT molecular complexity index is 3180. The van der Waals surface area contributed by atoms with Gasteiger partial charge in [-0.15, -0.1) is 0 Å². The summed E-state index contributed by atoms with van der Waals surface area (Å²) in [5.74, 6) is 0. The van der Waals surface area contributed by atoms with Gasteiger partial charge >= 0.3 is 0 Å². The van der Waals surface area contributed by atoms with Gasteiger partial charge in [0.2, 0.25) is 0 Å². The molecular weight excluding hydrogens is 601 g/mol. The Morgan fingerprint density at radius 2 is 0.720 bits per heavy atom. The zero-order valence-corrected chi connectivity index (χ0v) is 28.7. The standard InChI is InChI=1S/C50H34/c1-27-10-5-11-28(2)47(27)32-20-21-33-38(22-32)36-18-9-19-37-41-25-46(48-29(3)12-6-13-30(48)4)44-24-40-35-17-8-15-31-14-7-16-34(49(31)35)39(40)23-42(44)43(41)26-45(33)50(36)37/h5-26H,1-4H3. The average Bonchev–Trinajstić information content (AvgIpc) is 3.61. The Kier molecular flexibility index (Phi) is 5.47. The van der Waals surface area contributed by atoms with Gasteiger partial charge in [0.1, 0.15) is 0 Å². The van der Waals surface area contributed by atoms with Crippen LogP contribution in [0.4, 0.5) is 0 Å². The monoisotopic (exact) mass is 634 g/mol. The van der Waals surface area contributed by atoms with Crippen molar-refractivity contribution in [2.24, 2.45) is 0 Å². The number of hydrogen-bond donors (Lipinski definition) is 0. The van der Waals surface area contributed by atoms with Crippen LogP contribution in [0, 0.1) is 27.7 Å². The number of aryl methyl sites for hydroxylation is 4. The highest BCUT2D eigenvalue weighted by atomic mass is 14.2. The van der Waals surface area contributed by atoms with Crippen LogP contribution in [0.25, 0.3) is 108 Å². The lowest BCUT2D eigenvalue weighted by atomic mass is 9.86. The average molecular weight is 635 g/mol. The van der Waals surface area contributed by atoms with E-state index in [0.29, 0.717) is 0 Å². The molecule has 0 saturated carbocycles. The molecule has 0 bridgehead atoms. The van der Waals surface area contributed by atoms with Crippen molar-refractivity contribution in [2.45, 2.75) is 27.7 Å². The van der Waals surface area contributed by atoms with E-state index < -0.39 is 0 Å². The molecule has 0 saturated heterocycles. The largest absolute Gasteiger partial charge is 0.0617 e. The van der Waals surface area contributed by atoms with Crippen molar-refractivity contribution in [3.63, 3.8) is 0 Å². The summed E-state index contributed by atoms with van der Waals surface area (Å²) in [5.41, 5.74) is 10.6. The zero-order valence-electron chi connectivity index (χ0n) is 28.7. The van der Waals surface area contributed by atoms with Crippen LogP contribution < -0.4 is 0 Å². The molecule has 0 amide bonds. The molecule has 0 aliphatic carbocycles. The molecule has 0 aromatic heterocycles. The van der Waals surface area contributed by atoms with Gasteiger partial charge in [-0.25, -0.2) is 0 Å². The molecule has 0 N–H and O–H groups in total. The number of hydrogen-bond acceptors (Lipinski definition) is 0. The summed E-state index contributed by atoms with van der Waals surface area (Å²) >= 11 is 0. The Hall–Kier alpha value is -5.98. The van der Waals surface area contributed by atoms with Crippen molar-refractivity contribution < 1.29 is 0 Å². The fraction of sp³-hybridized carbons (Fsp3) is 0.0800. The minimum Gasteiger partial charge on any atom is -0.0617 e. The summed E-state index contributed by atoms with van der Waals surface area (Å²) < 4.78 is 0. The first-order chi connectivity index (χ1) is 24.5. The van der Waals surface area contributed by atoms with Crippen LogP contribution >= 0.6 is 0 Å². The maximum atomic E-state index is 2.52. The van der Waals surface area contributed by atoms with Gasteiger partial charge in [-0.05, 0) is 189 Å². The van der Waals surface area contributed by atoms with E-state index in [0.717, 1.165) is 0 Å². The fourth-order valence-electron chi connectivity index (χ4n) is 9.70. The van der Waals surface area contributed by atoms with Gasteiger partial charge in [0.15, 0.2) is 0 Å². The van der Waals surface area contributed by atoms with Gasteiger partial charge < -0.3 is 0 Å². The quantitative estimate of drug-likeness (QED) is 0.166. The Labute approximate surface area is 290 Å². The van der Waals surface area contributed by atoms with Crippen molar-refractivity contribution in [3.8, 4) is 22.3 Å². The summed E-state index contributed by atoms with van der Waals surface area (Å²) in [6, 6.07) is 51.0. The maximum Gasteiger partial charge on any atom is -0.00199 e. The number of benzene rings is 9. The molecule has 0 aliphatic rings. The topological polar surface area (TPSA) is 0 Å². The maximum absolute atomic E-state index is 2.52. The highest BCUT2D eigenvalue weighted by molar-refractivity contribution is 6.39. The van der Waals surface area contributed by atoms with Gasteiger partial charge in [-0.3, -0.25) is 0 Å². The van der Waals surface area contributed by atoms with Crippen LogP contribution in [0.5, 0.6) is 0 Å². The second-order valence-corrected chi connectivity index (χ2v) is 14.6. The second-order valence-electron chi connectivity index (χ2n) is 14.6. The predicted octanol–water partition coefficient (Wildman–Crippen LogP) is 14.4. The first-order valence-corrected chi connectivity index (χ1v) is 17.8. The third kappa shape index (κ3) is 3.56. The van der Waals surface area contributed by atoms with E-state index in [1.807, 2.05) is 0 Å².